The van der Waals surface area contributed by atoms with Crippen LogP contribution in [0.15, 0.2) is 12.4 Å². The lowest BCUT2D eigenvalue weighted by atomic mass is 10.3. The Morgan fingerprint density at radius 3 is 2.38 bits per heavy atom. The molecule has 0 saturated carbocycles. The van der Waals surface area contributed by atoms with E-state index in [4.69, 9.17) is 5.73 Å². The lowest BCUT2D eigenvalue weighted by Crippen LogP contribution is -2.26. The predicted octanol–water partition coefficient (Wildman–Crippen LogP) is 1.03. The molecule has 0 unspecified atom stereocenters. The fraction of sp³-hybridized carbons (Fsp3) is 0.556. The standard InChI is InChI=1S/C9H11F3N4/c10-9(11,12)8-14-3-7(4-15-8)16-2-1-6(13)5-16/h3-4,6H,1-2,5,13H2/t6-/m1/s1. The van der Waals surface area contributed by atoms with Gasteiger partial charge in [-0.25, -0.2) is 9.97 Å². The van der Waals surface area contributed by atoms with E-state index < -0.39 is 12.0 Å². The molecule has 1 atom stereocenters. The average molecular weight is 232 g/mol. The number of nitrogens with zero attached hydrogens (tertiary/aromatic N) is 3. The number of aromatic nitrogens is 2. The Kier molecular flexibility index (Phi) is 2.71. The van der Waals surface area contributed by atoms with Gasteiger partial charge in [0.2, 0.25) is 5.82 Å². The van der Waals surface area contributed by atoms with Crippen molar-refractivity contribution in [2.75, 3.05) is 18.0 Å². The third-order valence-electron chi connectivity index (χ3n) is 2.48. The van der Waals surface area contributed by atoms with Gasteiger partial charge in [-0.1, -0.05) is 0 Å². The fourth-order valence-corrected chi connectivity index (χ4v) is 1.65. The molecule has 16 heavy (non-hydrogen) atoms. The highest BCUT2D eigenvalue weighted by molar-refractivity contribution is 5.43. The minimum atomic E-state index is -4.49. The molecule has 1 fully saturated rings. The zero-order chi connectivity index (χ0) is 11.8. The highest BCUT2D eigenvalue weighted by Crippen LogP contribution is 2.27. The maximum absolute atomic E-state index is 12.2. The van der Waals surface area contributed by atoms with E-state index in [0.717, 1.165) is 13.0 Å². The van der Waals surface area contributed by atoms with Gasteiger partial charge >= 0.3 is 6.18 Å². The molecular formula is C9H11F3N4. The zero-order valence-electron chi connectivity index (χ0n) is 8.41. The number of nitrogens with two attached hydrogens (primary N) is 1. The van der Waals surface area contributed by atoms with Crippen LogP contribution in [-0.2, 0) is 6.18 Å². The molecule has 0 spiro atoms. The van der Waals surface area contributed by atoms with Gasteiger partial charge in [0.05, 0.1) is 18.1 Å². The van der Waals surface area contributed by atoms with Gasteiger partial charge in [0.15, 0.2) is 0 Å². The normalized spacial score (nSPS) is 21.5. The molecule has 0 aromatic carbocycles. The van der Waals surface area contributed by atoms with Gasteiger partial charge in [-0.05, 0) is 6.42 Å². The SMILES string of the molecule is N[C@@H]1CCN(c2cnc(C(F)(F)F)nc2)C1. The first-order chi connectivity index (χ1) is 7.47. The summed E-state index contributed by atoms with van der Waals surface area (Å²) >= 11 is 0. The van der Waals surface area contributed by atoms with Crippen LogP contribution in [0.3, 0.4) is 0 Å². The Bertz CT molecular complexity index is 362. The van der Waals surface area contributed by atoms with Crippen molar-refractivity contribution in [1.29, 1.82) is 0 Å². The first-order valence-corrected chi connectivity index (χ1v) is 4.86. The number of anilines is 1. The maximum atomic E-state index is 12.2. The Hall–Kier alpha value is -1.37. The molecule has 1 aromatic rings. The molecule has 2 heterocycles. The molecule has 0 bridgehead atoms. The third-order valence-corrected chi connectivity index (χ3v) is 2.48. The molecule has 0 radical (unpaired) electrons. The average Bonchev–Trinajstić information content (AvgIpc) is 2.64. The van der Waals surface area contributed by atoms with Crippen molar-refractivity contribution < 1.29 is 13.2 Å². The Morgan fingerprint density at radius 2 is 1.94 bits per heavy atom. The van der Waals surface area contributed by atoms with Crippen molar-refractivity contribution in [3.63, 3.8) is 0 Å². The Morgan fingerprint density at radius 1 is 1.31 bits per heavy atom. The molecule has 4 nitrogen and oxygen atoms in total. The van der Waals surface area contributed by atoms with Crippen molar-refractivity contribution in [3.05, 3.63) is 18.2 Å². The minimum Gasteiger partial charge on any atom is -0.367 e. The summed E-state index contributed by atoms with van der Waals surface area (Å²) in [5, 5.41) is 0. The molecule has 2 N–H and O–H groups in total. The molecule has 0 amide bonds. The van der Waals surface area contributed by atoms with Crippen LogP contribution in [0.2, 0.25) is 0 Å². The van der Waals surface area contributed by atoms with Crippen molar-refractivity contribution in [2.45, 2.75) is 18.6 Å². The smallest absolute Gasteiger partial charge is 0.367 e. The molecule has 1 aromatic heterocycles. The quantitative estimate of drug-likeness (QED) is 0.785. The van der Waals surface area contributed by atoms with Crippen LogP contribution in [0.5, 0.6) is 0 Å². The summed E-state index contributed by atoms with van der Waals surface area (Å²) < 4.78 is 36.6. The predicted molar refractivity (Wildman–Crippen MR) is 51.8 cm³/mol. The summed E-state index contributed by atoms with van der Waals surface area (Å²) in [6.07, 6.45) is -1.28. The third kappa shape index (κ3) is 2.24. The molecule has 1 aliphatic heterocycles. The van der Waals surface area contributed by atoms with Gasteiger partial charge in [0.1, 0.15) is 0 Å². The summed E-state index contributed by atoms with van der Waals surface area (Å²) in [5.74, 6) is -1.11. The van der Waals surface area contributed by atoms with Crippen LogP contribution in [0.4, 0.5) is 18.9 Å². The summed E-state index contributed by atoms with van der Waals surface area (Å²) in [6, 6.07) is 0.0716. The van der Waals surface area contributed by atoms with Gasteiger partial charge < -0.3 is 10.6 Å². The number of rotatable bonds is 1. The van der Waals surface area contributed by atoms with Crippen LogP contribution < -0.4 is 10.6 Å². The summed E-state index contributed by atoms with van der Waals surface area (Å²) in [6.45, 7) is 1.37. The zero-order valence-corrected chi connectivity index (χ0v) is 8.41. The number of hydrogen-bond donors (Lipinski definition) is 1. The fourth-order valence-electron chi connectivity index (χ4n) is 1.65. The van der Waals surface area contributed by atoms with Crippen molar-refractivity contribution in [2.24, 2.45) is 5.73 Å². The van der Waals surface area contributed by atoms with Crippen LogP contribution in [-0.4, -0.2) is 29.1 Å². The number of alkyl halides is 3. The van der Waals surface area contributed by atoms with E-state index in [9.17, 15) is 13.2 Å². The van der Waals surface area contributed by atoms with E-state index >= 15 is 0 Å². The molecule has 1 saturated heterocycles. The molecule has 7 heteroatoms. The number of hydrogen-bond acceptors (Lipinski definition) is 4. The van der Waals surface area contributed by atoms with Gasteiger partial charge in [-0.15, -0.1) is 0 Å². The van der Waals surface area contributed by atoms with Crippen LogP contribution in [0, 0.1) is 0 Å². The van der Waals surface area contributed by atoms with Gasteiger partial charge in [0.25, 0.3) is 0 Å². The van der Waals surface area contributed by atoms with Gasteiger partial charge in [-0.3, -0.25) is 0 Å². The largest absolute Gasteiger partial charge is 0.451 e. The van der Waals surface area contributed by atoms with E-state index in [1.807, 2.05) is 4.90 Å². The monoisotopic (exact) mass is 232 g/mol. The Balaban J connectivity index is 2.14. The van der Waals surface area contributed by atoms with Crippen molar-refractivity contribution in [1.82, 2.24) is 9.97 Å². The maximum Gasteiger partial charge on any atom is 0.451 e. The topological polar surface area (TPSA) is 55.0 Å². The van der Waals surface area contributed by atoms with E-state index in [2.05, 4.69) is 9.97 Å². The van der Waals surface area contributed by atoms with E-state index in [0.29, 0.717) is 12.2 Å². The second-order valence-corrected chi connectivity index (χ2v) is 3.76. The second-order valence-electron chi connectivity index (χ2n) is 3.76. The van der Waals surface area contributed by atoms with Crippen molar-refractivity contribution in [3.8, 4) is 0 Å². The summed E-state index contributed by atoms with van der Waals surface area (Å²) in [7, 11) is 0. The van der Waals surface area contributed by atoms with E-state index in [1.54, 1.807) is 0 Å². The lowest BCUT2D eigenvalue weighted by Gasteiger charge is -2.17. The van der Waals surface area contributed by atoms with Crippen molar-refractivity contribution >= 4 is 5.69 Å². The molecule has 88 valence electrons. The van der Waals surface area contributed by atoms with Gasteiger partial charge in [0, 0.05) is 19.1 Å². The summed E-state index contributed by atoms with van der Waals surface area (Å²) in [4.78, 5) is 8.48. The molecule has 0 aliphatic carbocycles. The highest BCUT2D eigenvalue weighted by atomic mass is 19.4. The summed E-state index contributed by atoms with van der Waals surface area (Å²) in [5.41, 5.74) is 6.28. The highest BCUT2D eigenvalue weighted by Gasteiger charge is 2.34. The van der Waals surface area contributed by atoms with E-state index in [1.165, 1.54) is 12.4 Å². The van der Waals surface area contributed by atoms with Gasteiger partial charge in [-0.2, -0.15) is 13.2 Å². The molecule has 2 rings (SSSR count). The van der Waals surface area contributed by atoms with Crippen LogP contribution in [0.25, 0.3) is 0 Å². The first kappa shape index (κ1) is 11.1. The number of halogens is 3. The Labute approximate surface area is 90.3 Å². The molecule has 1 aliphatic rings. The van der Waals surface area contributed by atoms with Crippen LogP contribution >= 0.6 is 0 Å². The van der Waals surface area contributed by atoms with Crippen LogP contribution in [0.1, 0.15) is 12.2 Å². The second kappa shape index (κ2) is 3.89. The van der Waals surface area contributed by atoms with E-state index in [-0.39, 0.29) is 6.04 Å². The molecular weight excluding hydrogens is 221 g/mol. The lowest BCUT2D eigenvalue weighted by molar-refractivity contribution is -0.144. The first-order valence-electron chi connectivity index (χ1n) is 4.86. The minimum absolute atomic E-state index is 0.0716.